The number of halogens is 1. The molecule has 2 fully saturated rings. The van der Waals surface area contributed by atoms with E-state index in [-0.39, 0.29) is 11.2 Å². The Bertz CT molecular complexity index is 645. The van der Waals surface area contributed by atoms with Gasteiger partial charge in [-0.2, -0.15) is 0 Å². The summed E-state index contributed by atoms with van der Waals surface area (Å²) in [4.78, 5) is 2.67. The minimum atomic E-state index is -0.0944. The van der Waals surface area contributed by atoms with Gasteiger partial charge in [0.1, 0.15) is 5.82 Å². The lowest BCUT2D eigenvalue weighted by Gasteiger charge is -2.40. The number of rotatable bonds is 2. The Morgan fingerprint density at radius 1 is 1.17 bits per heavy atom. The van der Waals surface area contributed by atoms with Gasteiger partial charge in [0.05, 0.1) is 0 Å². The molecule has 1 aromatic carbocycles. The van der Waals surface area contributed by atoms with E-state index in [1.54, 1.807) is 12.1 Å². The summed E-state index contributed by atoms with van der Waals surface area (Å²) in [6, 6.07) is 5.25. The van der Waals surface area contributed by atoms with Crippen molar-refractivity contribution in [3.05, 3.63) is 41.7 Å². The molecule has 3 atom stereocenters. The SMILES string of the molecule is Fc1ccc2c(c1)C1(CCN(C[C@H]3C[C@H]4C=C[C@@H]3C4)CC1)CN2. The van der Waals surface area contributed by atoms with Crippen LogP contribution in [0.3, 0.4) is 0 Å². The second kappa shape index (κ2) is 5.07. The number of nitrogens with one attached hydrogen (secondary N) is 1. The molecule has 0 unspecified atom stereocenters. The van der Waals surface area contributed by atoms with E-state index in [9.17, 15) is 4.39 Å². The predicted molar refractivity (Wildman–Crippen MR) is 91.1 cm³/mol. The van der Waals surface area contributed by atoms with E-state index in [2.05, 4.69) is 22.4 Å². The molecule has 4 aliphatic rings. The Morgan fingerprint density at radius 2 is 2.04 bits per heavy atom. The Kier molecular flexibility index (Phi) is 3.09. The molecule has 1 saturated heterocycles. The van der Waals surface area contributed by atoms with E-state index in [4.69, 9.17) is 0 Å². The normalized spacial score (nSPS) is 34.0. The molecule has 122 valence electrons. The van der Waals surface area contributed by atoms with Gasteiger partial charge in [0.15, 0.2) is 0 Å². The van der Waals surface area contributed by atoms with Crippen molar-refractivity contribution in [1.29, 1.82) is 0 Å². The number of allylic oxidation sites excluding steroid dienone is 2. The monoisotopic (exact) mass is 312 g/mol. The molecule has 2 nitrogen and oxygen atoms in total. The van der Waals surface area contributed by atoms with Crippen LogP contribution in [0.2, 0.25) is 0 Å². The van der Waals surface area contributed by atoms with Crippen molar-refractivity contribution in [3.8, 4) is 0 Å². The van der Waals surface area contributed by atoms with Crippen molar-refractivity contribution >= 4 is 5.69 Å². The van der Waals surface area contributed by atoms with E-state index in [0.717, 1.165) is 55.9 Å². The average molecular weight is 312 g/mol. The van der Waals surface area contributed by atoms with Crippen molar-refractivity contribution in [2.24, 2.45) is 17.8 Å². The maximum atomic E-state index is 13.7. The van der Waals surface area contributed by atoms with Gasteiger partial charge in [-0.25, -0.2) is 4.39 Å². The van der Waals surface area contributed by atoms with E-state index in [1.807, 2.05) is 6.07 Å². The Morgan fingerprint density at radius 3 is 2.78 bits per heavy atom. The molecule has 2 aliphatic heterocycles. The lowest BCUT2D eigenvalue weighted by Crippen LogP contribution is -2.45. The van der Waals surface area contributed by atoms with Crippen LogP contribution in [0.15, 0.2) is 30.4 Å². The van der Waals surface area contributed by atoms with Crippen molar-refractivity contribution in [1.82, 2.24) is 4.90 Å². The fourth-order valence-electron chi connectivity index (χ4n) is 5.51. The Hall–Kier alpha value is -1.35. The van der Waals surface area contributed by atoms with Crippen LogP contribution < -0.4 is 5.32 Å². The van der Waals surface area contributed by atoms with Crippen LogP contribution in [0.5, 0.6) is 0 Å². The van der Waals surface area contributed by atoms with Gasteiger partial charge in [-0.3, -0.25) is 0 Å². The van der Waals surface area contributed by atoms with Crippen LogP contribution in [-0.4, -0.2) is 31.1 Å². The minimum absolute atomic E-state index is 0.0944. The number of hydrogen-bond donors (Lipinski definition) is 1. The first-order chi connectivity index (χ1) is 11.2. The van der Waals surface area contributed by atoms with Crippen molar-refractivity contribution < 1.29 is 4.39 Å². The summed E-state index contributed by atoms with van der Waals surface area (Å²) in [5, 5.41) is 3.50. The number of fused-ring (bicyclic) bond motifs is 4. The number of piperidine rings is 1. The number of nitrogens with zero attached hydrogens (tertiary/aromatic N) is 1. The van der Waals surface area contributed by atoms with E-state index >= 15 is 0 Å². The molecule has 1 N–H and O–H groups in total. The highest BCUT2D eigenvalue weighted by Crippen LogP contribution is 2.46. The third-order valence-electron chi connectivity index (χ3n) is 6.89. The molecule has 1 saturated carbocycles. The summed E-state index contributed by atoms with van der Waals surface area (Å²) in [7, 11) is 0. The van der Waals surface area contributed by atoms with Crippen molar-refractivity contribution in [2.45, 2.75) is 31.1 Å². The number of hydrogen-bond acceptors (Lipinski definition) is 2. The van der Waals surface area contributed by atoms with Crippen LogP contribution >= 0.6 is 0 Å². The quantitative estimate of drug-likeness (QED) is 0.836. The van der Waals surface area contributed by atoms with Crippen LogP contribution in [0, 0.1) is 23.6 Å². The van der Waals surface area contributed by atoms with Gasteiger partial charge in [-0.1, -0.05) is 12.2 Å². The molecular formula is C20H25FN2. The van der Waals surface area contributed by atoms with E-state index in [0.29, 0.717) is 0 Å². The molecule has 0 aromatic heterocycles. The molecule has 23 heavy (non-hydrogen) atoms. The van der Waals surface area contributed by atoms with Gasteiger partial charge < -0.3 is 10.2 Å². The van der Waals surface area contributed by atoms with Crippen LogP contribution in [-0.2, 0) is 5.41 Å². The van der Waals surface area contributed by atoms with Crippen molar-refractivity contribution in [2.75, 3.05) is 31.5 Å². The molecular weight excluding hydrogens is 287 g/mol. The van der Waals surface area contributed by atoms with Crippen LogP contribution in [0.1, 0.15) is 31.2 Å². The highest BCUT2D eigenvalue weighted by molar-refractivity contribution is 5.60. The maximum Gasteiger partial charge on any atom is 0.123 e. The van der Waals surface area contributed by atoms with Gasteiger partial charge in [0.2, 0.25) is 0 Å². The standard InChI is InChI=1S/C20H25FN2/c21-17-3-4-19-18(11-17)20(13-22-19)5-7-23(8-6-20)12-16-10-14-1-2-15(16)9-14/h1-4,11,14-16,22H,5-10,12-13H2/t14-,15+,16+/m0/s1. The first-order valence-corrected chi connectivity index (χ1v) is 9.16. The minimum Gasteiger partial charge on any atom is -0.384 e. The fraction of sp³-hybridized carbons (Fsp3) is 0.600. The maximum absolute atomic E-state index is 13.7. The third kappa shape index (κ3) is 2.24. The van der Waals surface area contributed by atoms with Gasteiger partial charge in [0.25, 0.3) is 0 Å². The van der Waals surface area contributed by atoms with E-state index in [1.165, 1.54) is 24.9 Å². The lowest BCUT2D eigenvalue weighted by molar-refractivity contribution is 0.140. The Labute approximate surface area is 137 Å². The molecule has 3 heteroatoms. The molecule has 2 aliphatic carbocycles. The molecule has 2 heterocycles. The second-order valence-corrected chi connectivity index (χ2v) is 8.16. The topological polar surface area (TPSA) is 15.3 Å². The van der Waals surface area contributed by atoms with Gasteiger partial charge >= 0.3 is 0 Å². The molecule has 0 radical (unpaired) electrons. The zero-order valence-electron chi connectivity index (χ0n) is 13.6. The van der Waals surface area contributed by atoms with Gasteiger partial charge in [0, 0.05) is 24.2 Å². The Balaban J connectivity index is 1.27. The summed E-state index contributed by atoms with van der Waals surface area (Å²) in [5.74, 6) is 2.50. The summed E-state index contributed by atoms with van der Waals surface area (Å²) >= 11 is 0. The molecule has 1 aromatic rings. The zero-order valence-corrected chi connectivity index (χ0v) is 13.6. The van der Waals surface area contributed by atoms with Crippen molar-refractivity contribution in [3.63, 3.8) is 0 Å². The van der Waals surface area contributed by atoms with E-state index < -0.39 is 0 Å². The second-order valence-electron chi connectivity index (χ2n) is 8.16. The highest BCUT2D eigenvalue weighted by Gasteiger charge is 2.43. The summed E-state index contributed by atoms with van der Waals surface area (Å²) in [6.45, 7) is 4.58. The highest BCUT2D eigenvalue weighted by atomic mass is 19.1. The predicted octanol–water partition coefficient (Wildman–Crippen LogP) is 3.80. The summed E-state index contributed by atoms with van der Waals surface area (Å²) < 4.78 is 13.7. The molecule has 0 amide bonds. The summed E-state index contributed by atoms with van der Waals surface area (Å²) in [6.07, 6.45) is 10.0. The molecule has 5 rings (SSSR count). The van der Waals surface area contributed by atoms with Crippen LogP contribution in [0.4, 0.5) is 10.1 Å². The number of anilines is 1. The first kappa shape index (κ1) is 14.0. The average Bonchev–Trinajstić information content (AvgIpc) is 3.25. The first-order valence-electron chi connectivity index (χ1n) is 9.16. The number of benzene rings is 1. The smallest absolute Gasteiger partial charge is 0.123 e. The zero-order chi connectivity index (χ0) is 15.4. The van der Waals surface area contributed by atoms with Crippen LogP contribution in [0.25, 0.3) is 0 Å². The molecule has 1 spiro atoms. The fourth-order valence-corrected chi connectivity index (χ4v) is 5.51. The largest absolute Gasteiger partial charge is 0.384 e. The van der Waals surface area contributed by atoms with Gasteiger partial charge in [-0.15, -0.1) is 0 Å². The number of likely N-dealkylation sites (tertiary alicyclic amines) is 1. The molecule has 2 bridgehead atoms. The lowest BCUT2D eigenvalue weighted by atomic mass is 9.74. The summed E-state index contributed by atoms with van der Waals surface area (Å²) in [5.41, 5.74) is 2.54. The third-order valence-corrected chi connectivity index (χ3v) is 6.89. The van der Waals surface area contributed by atoms with Gasteiger partial charge in [-0.05, 0) is 80.3 Å².